The normalized spacial score (nSPS) is 20.7. The van der Waals surface area contributed by atoms with E-state index in [4.69, 9.17) is 0 Å². The van der Waals surface area contributed by atoms with Crippen LogP contribution in [0.5, 0.6) is 0 Å². The molecule has 1 atom stereocenters. The quantitative estimate of drug-likeness (QED) is 0.900. The topological polar surface area (TPSA) is 92.3 Å². The van der Waals surface area contributed by atoms with E-state index in [9.17, 15) is 13.2 Å². The Morgan fingerprint density at radius 3 is 2.67 bits per heavy atom. The summed E-state index contributed by atoms with van der Waals surface area (Å²) >= 11 is 1.32. The molecule has 1 aliphatic heterocycles. The summed E-state index contributed by atoms with van der Waals surface area (Å²) in [6, 6.07) is -0.653. The Hall–Kier alpha value is -1.06. The molecule has 1 unspecified atom stereocenters. The third-order valence-corrected chi connectivity index (χ3v) is 5.78. The first-order chi connectivity index (χ1) is 9.79. The van der Waals surface area contributed by atoms with Crippen LogP contribution < -0.4 is 5.32 Å². The zero-order valence-electron chi connectivity index (χ0n) is 12.4. The van der Waals surface area contributed by atoms with E-state index in [1.165, 1.54) is 15.6 Å². The van der Waals surface area contributed by atoms with Crippen LogP contribution in [0.2, 0.25) is 0 Å². The fourth-order valence-corrected chi connectivity index (χ4v) is 4.14. The Labute approximate surface area is 128 Å². The number of rotatable bonds is 4. The van der Waals surface area contributed by atoms with Crippen molar-refractivity contribution in [3.8, 4) is 0 Å². The second kappa shape index (κ2) is 6.37. The lowest BCUT2D eigenvalue weighted by molar-refractivity contribution is -0.120. The molecule has 0 saturated carbocycles. The Balaban J connectivity index is 2.10. The van der Waals surface area contributed by atoms with E-state index in [2.05, 4.69) is 15.5 Å². The summed E-state index contributed by atoms with van der Waals surface area (Å²) in [6.45, 7) is 4.39. The Bertz CT molecular complexity index is 612. The highest BCUT2D eigenvalue weighted by Crippen LogP contribution is 2.25. The predicted octanol–water partition coefficient (Wildman–Crippen LogP) is 1.41. The molecule has 1 fully saturated rings. The largest absolute Gasteiger partial charge is 0.299 e. The summed E-state index contributed by atoms with van der Waals surface area (Å²) in [5, 5.41) is 11.9. The Morgan fingerprint density at radius 2 is 2.10 bits per heavy atom. The number of anilines is 1. The molecule has 0 bridgehead atoms. The molecular formula is C12H20N4O3S2. The first-order valence-electron chi connectivity index (χ1n) is 6.90. The van der Waals surface area contributed by atoms with Gasteiger partial charge in [-0.1, -0.05) is 31.6 Å². The van der Waals surface area contributed by atoms with Gasteiger partial charge in [-0.15, -0.1) is 10.2 Å². The fraction of sp³-hybridized carbons (Fsp3) is 0.750. The summed E-state index contributed by atoms with van der Waals surface area (Å²) in [6.07, 6.45) is 3.31. The van der Waals surface area contributed by atoms with Gasteiger partial charge in [0.15, 0.2) is 0 Å². The maximum absolute atomic E-state index is 12.3. The van der Waals surface area contributed by atoms with Crippen LogP contribution in [0, 0.1) is 0 Å². The van der Waals surface area contributed by atoms with Crippen LogP contribution in [-0.2, 0) is 14.8 Å². The summed E-state index contributed by atoms with van der Waals surface area (Å²) in [4.78, 5) is 12.3. The predicted molar refractivity (Wildman–Crippen MR) is 81.8 cm³/mol. The van der Waals surface area contributed by atoms with Crippen LogP contribution in [0.3, 0.4) is 0 Å². The van der Waals surface area contributed by atoms with Gasteiger partial charge in [0.2, 0.25) is 21.1 Å². The van der Waals surface area contributed by atoms with Gasteiger partial charge >= 0.3 is 0 Å². The monoisotopic (exact) mass is 332 g/mol. The van der Waals surface area contributed by atoms with Gasteiger partial charge in [0.1, 0.15) is 11.0 Å². The van der Waals surface area contributed by atoms with E-state index < -0.39 is 16.1 Å². The SMILES string of the molecule is CC(C)c1nnc(NC(=O)C2CCCCN2S(C)(=O)=O)s1. The number of piperidine rings is 1. The minimum Gasteiger partial charge on any atom is -0.299 e. The molecule has 1 saturated heterocycles. The van der Waals surface area contributed by atoms with Crippen LogP contribution in [-0.4, -0.2) is 47.7 Å². The summed E-state index contributed by atoms with van der Waals surface area (Å²) < 4.78 is 24.8. The van der Waals surface area contributed by atoms with Gasteiger partial charge in [0.25, 0.3) is 0 Å². The maximum atomic E-state index is 12.3. The molecule has 0 radical (unpaired) electrons. The summed E-state index contributed by atoms with van der Waals surface area (Å²) in [5.41, 5.74) is 0. The van der Waals surface area contributed by atoms with Gasteiger partial charge in [0.05, 0.1) is 6.26 Å². The van der Waals surface area contributed by atoms with Crippen LogP contribution in [0.15, 0.2) is 0 Å². The van der Waals surface area contributed by atoms with E-state index in [1.54, 1.807) is 0 Å². The van der Waals surface area contributed by atoms with Gasteiger partial charge in [-0.2, -0.15) is 4.31 Å². The Morgan fingerprint density at radius 1 is 1.38 bits per heavy atom. The third kappa shape index (κ3) is 3.98. The number of hydrogen-bond donors (Lipinski definition) is 1. The van der Waals surface area contributed by atoms with Gasteiger partial charge in [0, 0.05) is 12.5 Å². The van der Waals surface area contributed by atoms with E-state index in [1.807, 2.05) is 13.8 Å². The van der Waals surface area contributed by atoms with Crippen LogP contribution in [0.4, 0.5) is 5.13 Å². The van der Waals surface area contributed by atoms with Crippen molar-refractivity contribution in [2.75, 3.05) is 18.1 Å². The zero-order chi connectivity index (χ0) is 15.6. The highest BCUT2D eigenvalue weighted by molar-refractivity contribution is 7.88. The molecule has 2 heterocycles. The molecule has 21 heavy (non-hydrogen) atoms. The van der Waals surface area contributed by atoms with Crippen molar-refractivity contribution in [2.45, 2.75) is 45.1 Å². The molecule has 1 aliphatic rings. The smallest absolute Gasteiger partial charge is 0.244 e. The maximum Gasteiger partial charge on any atom is 0.244 e. The number of amides is 1. The zero-order valence-corrected chi connectivity index (χ0v) is 14.0. The van der Waals surface area contributed by atoms with Crippen molar-refractivity contribution in [1.29, 1.82) is 0 Å². The van der Waals surface area contributed by atoms with Gasteiger partial charge in [-0.25, -0.2) is 8.42 Å². The molecular weight excluding hydrogens is 312 g/mol. The van der Waals surface area contributed by atoms with Gasteiger partial charge < -0.3 is 0 Å². The van der Waals surface area contributed by atoms with Gasteiger partial charge in [-0.3, -0.25) is 10.1 Å². The van der Waals surface area contributed by atoms with E-state index in [0.29, 0.717) is 18.1 Å². The van der Waals surface area contributed by atoms with E-state index in [-0.39, 0.29) is 11.8 Å². The molecule has 0 spiro atoms. The number of hydrogen-bond acceptors (Lipinski definition) is 6. The van der Waals surface area contributed by atoms with Crippen molar-refractivity contribution in [3.63, 3.8) is 0 Å². The number of sulfonamides is 1. The summed E-state index contributed by atoms with van der Waals surface area (Å²) in [7, 11) is -3.38. The lowest BCUT2D eigenvalue weighted by Crippen LogP contribution is -2.49. The molecule has 0 aromatic carbocycles. The molecule has 7 nitrogen and oxygen atoms in total. The van der Waals surface area contributed by atoms with E-state index >= 15 is 0 Å². The van der Waals surface area contributed by atoms with Crippen molar-refractivity contribution in [2.24, 2.45) is 0 Å². The first kappa shape index (κ1) is 16.3. The average Bonchev–Trinajstić information content (AvgIpc) is 2.86. The molecule has 1 amide bonds. The standard InChI is InChI=1S/C12H20N4O3S2/c1-8(2)11-14-15-12(20-11)13-10(17)9-6-4-5-7-16(9)21(3,18)19/h8-9H,4-7H2,1-3H3,(H,13,15,17). The van der Waals surface area contributed by atoms with Crippen molar-refractivity contribution in [3.05, 3.63) is 5.01 Å². The number of carbonyl (C=O) groups excluding carboxylic acids is 1. The minimum absolute atomic E-state index is 0.246. The molecule has 1 aromatic rings. The third-order valence-electron chi connectivity index (χ3n) is 3.35. The number of nitrogens with zero attached hydrogens (tertiary/aromatic N) is 3. The molecule has 9 heteroatoms. The second-order valence-electron chi connectivity index (χ2n) is 5.47. The Kier molecular flexibility index (Phi) is 4.95. The molecule has 0 aliphatic carbocycles. The van der Waals surface area contributed by atoms with Crippen molar-refractivity contribution < 1.29 is 13.2 Å². The highest BCUT2D eigenvalue weighted by atomic mass is 32.2. The second-order valence-corrected chi connectivity index (χ2v) is 8.42. The average molecular weight is 332 g/mol. The van der Waals surface area contributed by atoms with Crippen LogP contribution in [0.25, 0.3) is 0 Å². The van der Waals surface area contributed by atoms with Crippen LogP contribution in [0.1, 0.15) is 44.0 Å². The molecule has 1 N–H and O–H groups in total. The molecule has 1 aromatic heterocycles. The van der Waals surface area contributed by atoms with Crippen molar-refractivity contribution >= 4 is 32.4 Å². The number of carbonyl (C=O) groups is 1. The van der Waals surface area contributed by atoms with E-state index in [0.717, 1.165) is 24.1 Å². The van der Waals surface area contributed by atoms with Crippen molar-refractivity contribution in [1.82, 2.24) is 14.5 Å². The molecule has 118 valence electrons. The number of aromatic nitrogens is 2. The minimum atomic E-state index is -3.38. The fourth-order valence-electron chi connectivity index (χ4n) is 2.27. The summed E-state index contributed by atoms with van der Waals surface area (Å²) in [5.74, 6) is -0.0815. The highest BCUT2D eigenvalue weighted by Gasteiger charge is 2.34. The lowest BCUT2D eigenvalue weighted by Gasteiger charge is -2.32. The van der Waals surface area contributed by atoms with Gasteiger partial charge in [-0.05, 0) is 12.8 Å². The first-order valence-corrected chi connectivity index (χ1v) is 9.56. The number of nitrogens with one attached hydrogen (secondary N) is 1. The molecule has 2 rings (SSSR count). The van der Waals surface area contributed by atoms with Crippen LogP contribution >= 0.6 is 11.3 Å². The lowest BCUT2D eigenvalue weighted by atomic mass is 10.0.